The molecule has 0 aromatic heterocycles. The van der Waals surface area contributed by atoms with Gasteiger partial charge in [-0.05, 0) is 37.6 Å². The van der Waals surface area contributed by atoms with Gasteiger partial charge in [-0.2, -0.15) is 0 Å². The van der Waals surface area contributed by atoms with Crippen molar-refractivity contribution in [2.45, 2.75) is 13.3 Å². The van der Waals surface area contributed by atoms with E-state index in [4.69, 9.17) is 5.11 Å². The van der Waals surface area contributed by atoms with E-state index in [1.165, 1.54) is 10.0 Å². The Morgan fingerprint density at radius 2 is 1.36 bits per heavy atom. The second-order valence-corrected chi connectivity index (χ2v) is 5.97. The first-order chi connectivity index (χ1) is 12.1. The molecule has 1 aliphatic rings. The molecular formula is C20H20N2O3. The molecule has 0 radical (unpaired) electrons. The second-order valence-electron chi connectivity index (χ2n) is 5.97. The van der Waals surface area contributed by atoms with E-state index in [-0.39, 0.29) is 24.8 Å². The Balaban J connectivity index is 2.01. The number of rotatable bonds is 5. The van der Waals surface area contributed by atoms with Crippen LogP contribution < -0.4 is 10.0 Å². The number of benzene rings is 2. The average Bonchev–Trinajstić information content (AvgIpc) is 2.91. The highest BCUT2D eigenvalue weighted by molar-refractivity contribution is 6.23. The lowest BCUT2D eigenvalue weighted by atomic mass is 10.0. The van der Waals surface area contributed by atoms with Gasteiger partial charge >= 0.3 is 0 Å². The number of carbonyl (C=O) groups is 2. The molecule has 1 saturated heterocycles. The van der Waals surface area contributed by atoms with E-state index in [0.29, 0.717) is 11.4 Å². The zero-order valence-electron chi connectivity index (χ0n) is 14.0. The van der Waals surface area contributed by atoms with Gasteiger partial charge in [0.1, 0.15) is 5.92 Å². The molecule has 2 aromatic carbocycles. The van der Waals surface area contributed by atoms with Gasteiger partial charge in [0.15, 0.2) is 0 Å². The molecule has 5 nitrogen and oxygen atoms in total. The summed E-state index contributed by atoms with van der Waals surface area (Å²) < 4.78 is 0. The van der Waals surface area contributed by atoms with Crippen LogP contribution in [-0.4, -0.2) is 23.5 Å². The van der Waals surface area contributed by atoms with E-state index in [1.54, 1.807) is 37.3 Å². The first-order valence-corrected chi connectivity index (χ1v) is 8.18. The maximum absolute atomic E-state index is 13.0. The van der Waals surface area contributed by atoms with Crippen LogP contribution in [-0.2, 0) is 9.59 Å². The number of anilines is 2. The normalized spacial score (nSPS) is 16.0. The number of aliphatic hydroxyl groups excluding tert-OH is 1. The molecule has 0 bridgehead atoms. The van der Waals surface area contributed by atoms with Crippen LogP contribution in [0.4, 0.5) is 11.4 Å². The highest BCUT2D eigenvalue weighted by Gasteiger charge is 2.46. The van der Waals surface area contributed by atoms with E-state index in [9.17, 15) is 9.59 Å². The van der Waals surface area contributed by atoms with Crippen molar-refractivity contribution in [3.63, 3.8) is 0 Å². The molecule has 0 aliphatic carbocycles. The zero-order chi connectivity index (χ0) is 17.8. The highest BCUT2D eigenvalue weighted by Crippen LogP contribution is 2.33. The number of hydrogen-bond acceptors (Lipinski definition) is 3. The lowest BCUT2D eigenvalue weighted by molar-refractivity contribution is -0.126. The zero-order valence-corrected chi connectivity index (χ0v) is 14.0. The maximum Gasteiger partial charge on any atom is 0.259 e. The van der Waals surface area contributed by atoms with Gasteiger partial charge in [0, 0.05) is 0 Å². The van der Waals surface area contributed by atoms with Gasteiger partial charge in [0.05, 0.1) is 18.0 Å². The molecule has 2 aromatic rings. The quantitative estimate of drug-likeness (QED) is 0.674. The van der Waals surface area contributed by atoms with Crippen molar-refractivity contribution < 1.29 is 14.7 Å². The van der Waals surface area contributed by atoms with Crippen molar-refractivity contribution in [1.29, 1.82) is 0 Å². The van der Waals surface area contributed by atoms with Gasteiger partial charge < -0.3 is 5.11 Å². The van der Waals surface area contributed by atoms with E-state index >= 15 is 0 Å². The van der Waals surface area contributed by atoms with Gasteiger partial charge in [-0.1, -0.05) is 48.0 Å². The molecule has 0 saturated carbocycles. The van der Waals surface area contributed by atoms with E-state index in [0.717, 1.165) is 5.57 Å². The Bertz CT molecular complexity index is 730. The van der Waals surface area contributed by atoms with Crippen molar-refractivity contribution >= 4 is 23.2 Å². The molecule has 2 amide bonds. The fourth-order valence-corrected chi connectivity index (χ4v) is 2.81. The molecule has 1 N–H and O–H groups in total. The maximum atomic E-state index is 13.0. The molecular weight excluding hydrogens is 316 g/mol. The van der Waals surface area contributed by atoms with Crippen LogP contribution in [0.15, 0.2) is 72.3 Å². The topological polar surface area (TPSA) is 60.9 Å². The Hall–Kier alpha value is -2.92. The molecule has 0 unspecified atom stereocenters. The van der Waals surface area contributed by atoms with Crippen molar-refractivity contribution in [2.75, 3.05) is 16.6 Å². The number of carbonyl (C=O) groups excluding carboxylic acids is 2. The number of nitrogens with zero attached hydrogens (tertiary/aromatic N) is 2. The Kier molecular flexibility index (Phi) is 4.95. The van der Waals surface area contributed by atoms with Crippen molar-refractivity contribution in [3.8, 4) is 0 Å². The predicted octanol–water partition coefficient (Wildman–Crippen LogP) is 2.93. The Labute approximate surface area is 146 Å². The van der Waals surface area contributed by atoms with Gasteiger partial charge in [-0.15, -0.1) is 0 Å². The molecule has 3 rings (SSSR count). The summed E-state index contributed by atoms with van der Waals surface area (Å²) in [6, 6.07) is 18.3. The SMILES string of the molecule is CC(=CCC1C(=O)N(c2ccccc2)N(c2ccccc2)C1=O)CO. The van der Waals surface area contributed by atoms with Crippen molar-refractivity contribution in [3.05, 3.63) is 72.3 Å². The molecule has 1 fully saturated rings. The fraction of sp³-hybridized carbons (Fsp3) is 0.200. The van der Waals surface area contributed by atoms with Crippen molar-refractivity contribution in [2.24, 2.45) is 5.92 Å². The van der Waals surface area contributed by atoms with E-state index in [1.807, 2.05) is 36.4 Å². The minimum Gasteiger partial charge on any atom is -0.392 e. The number of hydrogen-bond donors (Lipinski definition) is 1. The predicted molar refractivity (Wildman–Crippen MR) is 96.8 cm³/mol. The largest absolute Gasteiger partial charge is 0.392 e. The second kappa shape index (κ2) is 7.32. The molecule has 5 heteroatoms. The number of para-hydroxylation sites is 2. The Morgan fingerprint density at radius 3 is 1.76 bits per heavy atom. The van der Waals surface area contributed by atoms with Crippen molar-refractivity contribution in [1.82, 2.24) is 0 Å². The number of allylic oxidation sites excluding steroid dienone is 1. The lowest BCUT2D eigenvalue weighted by Crippen LogP contribution is -2.41. The summed E-state index contributed by atoms with van der Waals surface area (Å²) >= 11 is 0. The molecule has 0 atom stereocenters. The summed E-state index contributed by atoms with van der Waals surface area (Å²) in [5, 5.41) is 12.0. The lowest BCUT2D eigenvalue weighted by Gasteiger charge is -2.27. The van der Waals surface area contributed by atoms with Crippen LogP contribution in [0.25, 0.3) is 0 Å². The van der Waals surface area contributed by atoms with Crippen LogP contribution in [0, 0.1) is 5.92 Å². The monoisotopic (exact) mass is 336 g/mol. The molecule has 1 heterocycles. The van der Waals surface area contributed by atoms with Crippen LogP contribution in [0.5, 0.6) is 0 Å². The van der Waals surface area contributed by atoms with Gasteiger partial charge in [0.2, 0.25) is 0 Å². The summed E-state index contributed by atoms with van der Waals surface area (Å²) in [6.45, 7) is 1.69. The third-order valence-electron chi connectivity index (χ3n) is 4.17. The number of amides is 2. The van der Waals surface area contributed by atoms with Gasteiger partial charge in [-0.25, -0.2) is 10.0 Å². The number of aliphatic hydroxyl groups is 1. The molecule has 1 aliphatic heterocycles. The summed E-state index contributed by atoms with van der Waals surface area (Å²) in [6.07, 6.45) is 2.02. The average molecular weight is 336 g/mol. The highest BCUT2D eigenvalue weighted by atomic mass is 16.3. The van der Waals surface area contributed by atoms with Gasteiger partial charge in [-0.3, -0.25) is 9.59 Å². The Morgan fingerprint density at radius 1 is 0.920 bits per heavy atom. The first-order valence-electron chi connectivity index (χ1n) is 8.18. The minimum atomic E-state index is -0.790. The minimum absolute atomic E-state index is 0.0834. The first kappa shape index (κ1) is 16.9. The van der Waals surface area contributed by atoms with Crippen LogP contribution in [0.3, 0.4) is 0 Å². The van der Waals surface area contributed by atoms with Crippen LogP contribution in [0.2, 0.25) is 0 Å². The fourth-order valence-electron chi connectivity index (χ4n) is 2.81. The summed E-state index contributed by atoms with van der Waals surface area (Å²) in [4.78, 5) is 25.9. The summed E-state index contributed by atoms with van der Waals surface area (Å²) in [5.74, 6) is -1.31. The number of hydrazine groups is 1. The summed E-state index contributed by atoms with van der Waals surface area (Å²) in [7, 11) is 0. The van der Waals surface area contributed by atoms with E-state index in [2.05, 4.69) is 0 Å². The molecule has 0 spiro atoms. The van der Waals surface area contributed by atoms with Crippen LogP contribution >= 0.6 is 0 Å². The standard InChI is InChI=1S/C20H20N2O3/c1-15(14-23)12-13-18-19(24)21(16-8-4-2-5-9-16)22(20(18)25)17-10-6-3-7-11-17/h2-12,18,23H,13-14H2,1H3. The van der Waals surface area contributed by atoms with E-state index < -0.39 is 5.92 Å². The smallest absolute Gasteiger partial charge is 0.259 e. The third kappa shape index (κ3) is 3.32. The molecule has 25 heavy (non-hydrogen) atoms. The summed E-state index contributed by atoms with van der Waals surface area (Å²) in [5.41, 5.74) is 2.04. The third-order valence-corrected chi connectivity index (χ3v) is 4.17. The molecule has 128 valence electrons. The van der Waals surface area contributed by atoms with Gasteiger partial charge in [0.25, 0.3) is 11.8 Å². The van der Waals surface area contributed by atoms with Crippen LogP contribution in [0.1, 0.15) is 13.3 Å².